The summed E-state index contributed by atoms with van der Waals surface area (Å²) in [5, 5.41) is 29.2. The van der Waals surface area contributed by atoms with Crippen LogP contribution in [-0.4, -0.2) is 57.1 Å². The third-order valence-electron chi connectivity index (χ3n) is 5.61. The first-order chi connectivity index (χ1) is 17.8. The minimum atomic E-state index is -1.32. The molecule has 1 unspecified atom stereocenters. The van der Waals surface area contributed by atoms with Crippen LogP contribution in [0.4, 0.5) is 5.95 Å². The van der Waals surface area contributed by atoms with E-state index in [0.29, 0.717) is 41.6 Å². The number of aryl methyl sites for hydroxylation is 3. The monoisotopic (exact) mass is 525 g/mol. The number of aliphatic carboxylic acids is 1. The third-order valence-corrected chi connectivity index (χ3v) is 6.48. The number of nitrogens with one attached hydrogen (secondary N) is 3. The van der Waals surface area contributed by atoms with Gasteiger partial charge < -0.3 is 26.2 Å². The number of nitrogens with zero attached hydrogens (tertiary/aromatic N) is 2. The zero-order valence-electron chi connectivity index (χ0n) is 20.8. The number of aromatic hydroxyl groups is 1. The molecule has 0 radical (unpaired) electrons. The number of hydrogen-bond donors (Lipinski definition) is 5. The van der Waals surface area contributed by atoms with Gasteiger partial charge in [-0.1, -0.05) is 32.0 Å². The summed E-state index contributed by atoms with van der Waals surface area (Å²) >= 11 is 1.24. The van der Waals surface area contributed by atoms with Crippen LogP contribution < -0.4 is 16.0 Å². The summed E-state index contributed by atoms with van der Waals surface area (Å²) in [5.41, 5.74) is 2.29. The van der Waals surface area contributed by atoms with Gasteiger partial charge in [0.2, 0.25) is 5.95 Å². The summed E-state index contributed by atoms with van der Waals surface area (Å²) in [5.74, 6) is -1.62. The number of aromatic nitrogens is 2. The predicted octanol–water partition coefficient (Wildman–Crippen LogP) is 3.03. The number of amides is 2. The molecule has 1 aromatic carbocycles. The number of carboxylic acid groups (broad SMARTS) is 1. The highest BCUT2D eigenvalue weighted by atomic mass is 32.1. The Balaban J connectivity index is 1.65. The number of benzene rings is 1. The number of phenols is 1. The zero-order chi connectivity index (χ0) is 26.8. The molecule has 2 amide bonds. The lowest BCUT2D eigenvalue weighted by atomic mass is 10.1. The molecule has 3 rings (SSSR count). The number of thiophene rings is 1. The maximum Gasteiger partial charge on any atom is 0.328 e. The van der Waals surface area contributed by atoms with Crippen molar-refractivity contribution in [1.82, 2.24) is 20.6 Å². The molecule has 0 aliphatic rings. The van der Waals surface area contributed by atoms with Gasteiger partial charge in [0.25, 0.3) is 11.8 Å². The Morgan fingerprint density at radius 3 is 2.35 bits per heavy atom. The van der Waals surface area contributed by atoms with Gasteiger partial charge >= 0.3 is 5.97 Å². The van der Waals surface area contributed by atoms with E-state index in [1.807, 2.05) is 19.9 Å². The molecule has 11 heteroatoms. The lowest BCUT2D eigenvalue weighted by Crippen LogP contribution is -2.48. The lowest BCUT2D eigenvalue weighted by molar-refractivity contribution is -0.139. The number of anilines is 1. The summed E-state index contributed by atoms with van der Waals surface area (Å²) in [6.07, 6.45) is 2.45. The Kier molecular flexibility index (Phi) is 9.96. The van der Waals surface area contributed by atoms with Crippen LogP contribution in [0.15, 0.2) is 41.8 Å². The third kappa shape index (κ3) is 7.74. The molecule has 0 aliphatic heterocycles. The summed E-state index contributed by atoms with van der Waals surface area (Å²) in [6, 6.07) is 9.15. The number of phenolic OH excluding ortho intramolecular Hbond substituents is 1. The molecule has 2 heterocycles. The van der Waals surface area contributed by atoms with Gasteiger partial charge in [-0.05, 0) is 54.8 Å². The average molecular weight is 526 g/mol. The average Bonchev–Trinajstić information content (AvgIpc) is 3.43. The number of carbonyl (C=O) groups excluding carboxylic acids is 2. The Hall–Kier alpha value is -3.99. The Bertz CT molecular complexity index is 1210. The van der Waals surface area contributed by atoms with E-state index in [-0.39, 0.29) is 17.9 Å². The van der Waals surface area contributed by atoms with Gasteiger partial charge in [0, 0.05) is 13.1 Å². The lowest BCUT2D eigenvalue weighted by Gasteiger charge is -2.18. The SMILES string of the molecule is CCc1nc(NCCCc2cccc(O)c2)nc(CC)c1C(=O)NC(CNC(=O)c1cccs1)C(=O)O. The molecule has 37 heavy (non-hydrogen) atoms. The van der Waals surface area contributed by atoms with E-state index < -0.39 is 23.8 Å². The summed E-state index contributed by atoms with van der Waals surface area (Å²) in [7, 11) is 0. The minimum Gasteiger partial charge on any atom is -0.508 e. The van der Waals surface area contributed by atoms with Crippen molar-refractivity contribution >= 4 is 35.1 Å². The Morgan fingerprint density at radius 2 is 1.76 bits per heavy atom. The molecule has 196 valence electrons. The largest absolute Gasteiger partial charge is 0.508 e. The standard InChI is InChI=1S/C26H31N5O5S/c1-3-18-22(24(34)29-20(25(35)36)15-28-23(33)21-11-7-13-37-21)19(4-2)31-26(30-18)27-12-6-9-16-8-5-10-17(32)14-16/h5,7-8,10-11,13-14,20,32H,3-4,6,9,12,15H2,1-2H3,(H,28,33)(H,29,34)(H,35,36)(H,27,30,31). The van der Waals surface area contributed by atoms with Gasteiger partial charge in [-0.25, -0.2) is 14.8 Å². The number of hydrogen-bond acceptors (Lipinski definition) is 8. The van der Waals surface area contributed by atoms with Crippen LogP contribution in [0.1, 0.15) is 57.2 Å². The van der Waals surface area contributed by atoms with Gasteiger partial charge in [0.05, 0.1) is 21.8 Å². The van der Waals surface area contributed by atoms with E-state index in [4.69, 9.17) is 0 Å². The van der Waals surface area contributed by atoms with Crippen LogP contribution in [-0.2, 0) is 24.1 Å². The normalized spacial score (nSPS) is 11.5. The number of carbonyl (C=O) groups is 3. The van der Waals surface area contributed by atoms with Crippen LogP contribution in [0, 0.1) is 0 Å². The fourth-order valence-electron chi connectivity index (χ4n) is 3.74. The molecule has 0 aliphatic carbocycles. The molecule has 0 saturated heterocycles. The predicted molar refractivity (Wildman–Crippen MR) is 141 cm³/mol. The Morgan fingerprint density at radius 1 is 1.03 bits per heavy atom. The highest BCUT2D eigenvalue weighted by Crippen LogP contribution is 2.17. The molecule has 2 aromatic heterocycles. The zero-order valence-corrected chi connectivity index (χ0v) is 21.6. The highest BCUT2D eigenvalue weighted by Gasteiger charge is 2.26. The summed E-state index contributed by atoms with van der Waals surface area (Å²) in [6.45, 7) is 4.05. The van der Waals surface area contributed by atoms with Gasteiger partial charge in [-0.2, -0.15) is 0 Å². The maximum absolute atomic E-state index is 13.1. The van der Waals surface area contributed by atoms with Crippen molar-refractivity contribution in [2.24, 2.45) is 0 Å². The molecular formula is C26H31N5O5S. The summed E-state index contributed by atoms with van der Waals surface area (Å²) < 4.78 is 0. The van der Waals surface area contributed by atoms with Crippen molar-refractivity contribution in [2.45, 2.75) is 45.6 Å². The molecule has 0 spiro atoms. The topological polar surface area (TPSA) is 154 Å². The van der Waals surface area contributed by atoms with E-state index in [9.17, 15) is 24.6 Å². The second kappa shape index (κ2) is 13.4. The fraction of sp³-hybridized carbons (Fsp3) is 0.346. The number of rotatable bonds is 13. The van der Waals surface area contributed by atoms with E-state index in [2.05, 4.69) is 25.9 Å². The molecule has 1 atom stereocenters. The van der Waals surface area contributed by atoms with E-state index >= 15 is 0 Å². The number of carboxylic acids is 1. The van der Waals surface area contributed by atoms with Gasteiger partial charge in [0.1, 0.15) is 11.8 Å². The van der Waals surface area contributed by atoms with Crippen molar-refractivity contribution in [3.05, 3.63) is 69.2 Å². The first-order valence-corrected chi connectivity index (χ1v) is 13.0. The van der Waals surface area contributed by atoms with Crippen LogP contribution in [0.3, 0.4) is 0 Å². The van der Waals surface area contributed by atoms with Crippen molar-refractivity contribution < 1.29 is 24.6 Å². The highest BCUT2D eigenvalue weighted by molar-refractivity contribution is 7.12. The second-order valence-corrected chi connectivity index (χ2v) is 9.22. The maximum atomic E-state index is 13.1. The first-order valence-electron chi connectivity index (χ1n) is 12.1. The van der Waals surface area contributed by atoms with Gasteiger partial charge in [0.15, 0.2) is 0 Å². The quantitative estimate of drug-likeness (QED) is 0.213. The van der Waals surface area contributed by atoms with Crippen molar-refractivity contribution in [1.29, 1.82) is 0 Å². The molecule has 5 N–H and O–H groups in total. The fourth-order valence-corrected chi connectivity index (χ4v) is 4.38. The van der Waals surface area contributed by atoms with E-state index in [1.54, 1.807) is 35.7 Å². The minimum absolute atomic E-state index is 0.234. The Labute approximate surface area is 219 Å². The van der Waals surface area contributed by atoms with Crippen LogP contribution in [0.2, 0.25) is 0 Å². The molecule has 3 aromatic rings. The molecule has 0 bridgehead atoms. The van der Waals surface area contributed by atoms with Crippen LogP contribution in [0.5, 0.6) is 5.75 Å². The molecule has 0 saturated carbocycles. The van der Waals surface area contributed by atoms with Crippen molar-refractivity contribution in [2.75, 3.05) is 18.4 Å². The van der Waals surface area contributed by atoms with E-state index in [1.165, 1.54) is 11.3 Å². The smallest absolute Gasteiger partial charge is 0.328 e. The van der Waals surface area contributed by atoms with Crippen molar-refractivity contribution in [3.8, 4) is 5.75 Å². The molecule has 0 fully saturated rings. The van der Waals surface area contributed by atoms with Gasteiger partial charge in [-0.15, -0.1) is 11.3 Å². The second-order valence-electron chi connectivity index (χ2n) is 8.27. The molecular weight excluding hydrogens is 494 g/mol. The summed E-state index contributed by atoms with van der Waals surface area (Å²) in [4.78, 5) is 46.6. The van der Waals surface area contributed by atoms with Gasteiger partial charge in [-0.3, -0.25) is 9.59 Å². The molecule has 10 nitrogen and oxygen atoms in total. The van der Waals surface area contributed by atoms with Crippen LogP contribution >= 0.6 is 11.3 Å². The van der Waals surface area contributed by atoms with Crippen LogP contribution in [0.25, 0.3) is 0 Å². The van der Waals surface area contributed by atoms with E-state index in [0.717, 1.165) is 18.4 Å². The first kappa shape index (κ1) is 27.6. The van der Waals surface area contributed by atoms with Crippen molar-refractivity contribution in [3.63, 3.8) is 0 Å².